The largest absolute Gasteiger partial charge is 0.415 e. The topological polar surface area (TPSA) is 213 Å². The average molecular weight is 1410 g/mol. The third kappa shape index (κ3) is 19.5. The second-order valence-electron chi connectivity index (χ2n) is 25.7. The molecular formula is C71H81F6N11O9S2. The zero-order chi connectivity index (χ0) is 70.7. The molecule has 5 heterocycles. The van der Waals surface area contributed by atoms with Gasteiger partial charge in [-0.2, -0.15) is 17.6 Å². The number of Topliss-reactive ketones (excluding diaryl/α,β-unsaturated/α-hetero) is 1. The summed E-state index contributed by atoms with van der Waals surface area (Å²) in [5.74, 6) is -5.61. The molecule has 0 unspecified atom stereocenters. The summed E-state index contributed by atoms with van der Waals surface area (Å²) in [6.45, 7) is 14.8. The number of anilines is 2. The van der Waals surface area contributed by atoms with Crippen molar-refractivity contribution in [3.05, 3.63) is 202 Å². The minimum absolute atomic E-state index is 0.00202. The van der Waals surface area contributed by atoms with Crippen molar-refractivity contribution < 1.29 is 66.8 Å². The Balaban J connectivity index is 0.000000214. The van der Waals surface area contributed by atoms with E-state index in [9.17, 15) is 53.6 Å². The first-order valence-electron chi connectivity index (χ1n) is 32.8. The van der Waals surface area contributed by atoms with Crippen LogP contribution in [0.3, 0.4) is 0 Å². The van der Waals surface area contributed by atoms with Crippen molar-refractivity contribution >= 4 is 54.8 Å². The molecule has 7 aromatic rings. The second kappa shape index (κ2) is 32.6. The highest BCUT2D eigenvalue weighted by atomic mass is 32.2. The van der Waals surface area contributed by atoms with E-state index in [2.05, 4.69) is 106 Å². The summed E-state index contributed by atoms with van der Waals surface area (Å²) in [5, 5.41) is 8.67. The van der Waals surface area contributed by atoms with Gasteiger partial charge in [-0.15, -0.1) is 10.2 Å². The zero-order valence-corrected chi connectivity index (χ0v) is 57.1. The molecular weight excluding hydrogens is 1330 g/mol. The Morgan fingerprint density at radius 2 is 0.929 bits per heavy atom. The lowest BCUT2D eigenvalue weighted by atomic mass is 10.0. The first-order valence-corrected chi connectivity index (χ1v) is 36.4. The minimum atomic E-state index is -3.28. The molecule has 0 aliphatic carbocycles. The number of piperazine rings is 2. The van der Waals surface area contributed by atoms with E-state index in [4.69, 9.17) is 4.42 Å². The van der Waals surface area contributed by atoms with Crippen molar-refractivity contribution in [1.82, 2.24) is 44.9 Å². The molecule has 1 aromatic heterocycles. The molecule has 528 valence electrons. The van der Waals surface area contributed by atoms with Gasteiger partial charge in [-0.3, -0.25) is 39.0 Å². The molecule has 0 bridgehead atoms. The zero-order valence-electron chi connectivity index (χ0n) is 55.5. The summed E-state index contributed by atoms with van der Waals surface area (Å²) in [4.78, 5) is 66.8. The number of sulfone groups is 2. The normalized spacial score (nSPS) is 19.9. The predicted molar refractivity (Wildman–Crippen MR) is 363 cm³/mol. The van der Waals surface area contributed by atoms with Crippen molar-refractivity contribution in [2.24, 2.45) is 0 Å². The Bertz CT molecular complexity index is 4120. The number of alkyl halides is 4. The van der Waals surface area contributed by atoms with Crippen LogP contribution in [0.25, 0.3) is 11.5 Å². The van der Waals surface area contributed by atoms with Crippen LogP contribution in [-0.2, 0) is 63.7 Å². The summed E-state index contributed by atoms with van der Waals surface area (Å²) >= 11 is 0. The molecule has 4 atom stereocenters. The van der Waals surface area contributed by atoms with Crippen LogP contribution >= 0.6 is 0 Å². The maximum absolute atomic E-state index is 15.5. The van der Waals surface area contributed by atoms with E-state index in [0.29, 0.717) is 42.1 Å². The maximum Gasteiger partial charge on any atom is 0.324 e. The van der Waals surface area contributed by atoms with Crippen LogP contribution in [0, 0.1) is 11.6 Å². The molecule has 5 amide bonds. The number of nitrogens with zero attached hydrogens (tertiary/aromatic N) is 10. The highest BCUT2D eigenvalue weighted by molar-refractivity contribution is 7.91. The Morgan fingerprint density at radius 1 is 0.525 bits per heavy atom. The Kier molecular flexibility index (Phi) is 24.1. The molecule has 0 radical (unpaired) electrons. The smallest absolute Gasteiger partial charge is 0.324 e. The molecule has 4 saturated heterocycles. The van der Waals surface area contributed by atoms with Crippen LogP contribution < -0.4 is 15.1 Å². The second-order valence-corrected chi connectivity index (χ2v) is 30.4. The summed E-state index contributed by atoms with van der Waals surface area (Å²) in [6, 6.07) is 43.7. The molecule has 20 nitrogen and oxygen atoms in total. The van der Waals surface area contributed by atoms with Gasteiger partial charge in [0.05, 0.1) is 42.6 Å². The number of carbonyl (C=O) groups excluding carboxylic acids is 4. The summed E-state index contributed by atoms with van der Waals surface area (Å²) in [6.07, 6.45) is -6.24. The van der Waals surface area contributed by atoms with E-state index >= 15 is 8.78 Å². The fourth-order valence-corrected chi connectivity index (χ4v) is 15.4. The molecule has 28 heteroatoms. The fraction of sp³-hybridized carbons (Fsp3) is 0.408. The molecule has 4 aliphatic heterocycles. The van der Waals surface area contributed by atoms with Crippen molar-refractivity contribution in [2.75, 3.05) is 91.7 Å². The van der Waals surface area contributed by atoms with Gasteiger partial charge in [0.25, 0.3) is 11.8 Å². The van der Waals surface area contributed by atoms with E-state index in [-0.39, 0.29) is 90.4 Å². The van der Waals surface area contributed by atoms with E-state index in [1.165, 1.54) is 55.0 Å². The minimum Gasteiger partial charge on any atom is -0.415 e. The third-order valence-corrected chi connectivity index (χ3v) is 21.6. The lowest BCUT2D eigenvalue weighted by molar-refractivity contribution is -0.131. The summed E-state index contributed by atoms with van der Waals surface area (Å²) < 4.78 is 135. The van der Waals surface area contributed by atoms with Crippen LogP contribution in [0.4, 0.5) is 47.3 Å². The maximum atomic E-state index is 15.5. The van der Waals surface area contributed by atoms with Gasteiger partial charge < -0.3 is 19.5 Å². The van der Waals surface area contributed by atoms with E-state index < -0.39 is 80.3 Å². The van der Waals surface area contributed by atoms with Gasteiger partial charge in [-0.1, -0.05) is 103 Å². The number of aromatic nitrogens is 2. The lowest BCUT2D eigenvalue weighted by Crippen LogP contribution is -2.55. The molecule has 6 aromatic carbocycles. The SMILES string of the molecule is C[C@@H]1CN(Cc2ccccc2)C[C@H](C)N1Cc1ccc(N(Cc2ccc(-c3nnc(C(F)F)o3)cc2F)C(=O)N2CCS(=O)(=O)CC2)cc1.C[C@@H]1CN(Cc2ccccc2)C[C@H](C)N1Cc1ccc(N(Cc2ccc(C(=O)CNC(=O)C(F)F)cc2F)C(=O)N2CCS(=O)(=O)CC2)cc1. The highest BCUT2D eigenvalue weighted by Gasteiger charge is 2.35. The van der Waals surface area contributed by atoms with E-state index in [1.54, 1.807) is 17.4 Å². The van der Waals surface area contributed by atoms with Gasteiger partial charge in [0.15, 0.2) is 25.5 Å². The molecule has 0 spiro atoms. The molecule has 0 saturated carbocycles. The average Bonchev–Trinajstić information content (AvgIpc) is 1.00. The van der Waals surface area contributed by atoms with Crippen molar-refractivity contribution in [2.45, 2.75) is 104 Å². The van der Waals surface area contributed by atoms with Gasteiger partial charge in [0, 0.05) is 136 Å². The predicted octanol–water partition coefficient (Wildman–Crippen LogP) is 10.1. The summed E-state index contributed by atoms with van der Waals surface area (Å²) in [7, 11) is -6.50. The highest BCUT2D eigenvalue weighted by Crippen LogP contribution is 2.31. The van der Waals surface area contributed by atoms with E-state index in [1.807, 2.05) is 48.5 Å². The number of nitrogens with one attached hydrogen (secondary N) is 1. The molecule has 4 fully saturated rings. The Hall–Kier alpha value is -8.54. The monoisotopic (exact) mass is 1410 g/mol. The van der Waals surface area contributed by atoms with Crippen molar-refractivity contribution in [3.63, 3.8) is 0 Å². The number of carbonyl (C=O) groups is 4. The fourth-order valence-electron chi connectivity index (χ4n) is 13.0. The number of hydrogen-bond donors (Lipinski definition) is 1. The van der Waals surface area contributed by atoms with Crippen LogP contribution in [0.15, 0.2) is 150 Å². The Morgan fingerprint density at radius 3 is 1.31 bits per heavy atom. The number of rotatable bonds is 20. The van der Waals surface area contributed by atoms with Gasteiger partial charge in [-0.25, -0.2) is 35.2 Å². The molecule has 1 N–H and O–H groups in total. The third-order valence-electron chi connectivity index (χ3n) is 18.4. The Labute approximate surface area is 573 Å². The van der Waals surface area contributed by atoms with Gasteiger partial charge in [-0.05, 0) is 92.4 Å². The molecule has 99 heavy (non-hydrogen) atoms. The van der Waals surface area contributed by atoms with Gasteiger partial charge in [0.2, 0.25) is 5.89 Å². The number of hydrogen-bond acceptors (Lipinski definition) is 15. The van der Waals surface area contributed by atoms with Gasteiger partial charge in [0.1, 0.15) is 11.6 Å². The van der Waals surface area contributed by atoms with Crippen molar-refractivity contribution in [1.29, 1.82) is 0 Å². The standard InChI is InChI=1S/C36H42F3N5O5S.C35H39F3N6O4S/c1-25-20-41(22-27-6-4-3-5-7-27)21-26(2)43(25)23-28-8-12-31(13-9-28)44(36(47)42-14-16-50(48,49)17-15-42)24-30-11-10-29(18-32(30)37)33(45)19-40-35(46)34(38)39;1-24-19-41(21-26-6-4-3-5-7-26)20-25(2)43(24)22-27-8-12-30(13-9-27)44(35(45)42-14-16-49(46,47)17-15-42)23-29-11-10-28(18-31(29)36)33-39-40-34(48-33)32(37)38/h3-13,18,25-26,34H,14-17,19-24H2,1-2H3,(H,40,46);3-13,18,24-25,32H,14-17,19-23H2,1-2H3/t25-,26+;24-,25+. The number of ketones is 1. The van der Waals surface area contributed by atoms with Gasteiger partial charge >= 0.3 is 24.9 Å². The van der Waals surface area contributed by atoms with Crippen LogP contribution in [-0.4, -0.2) is 193 Å². The first-order chi connectivity index (χ1) is 47.2. The first kappa shape index (κ1) is 73.2. The number of urea groups is 2. The van der Waals surface area contributed by atoms with E-state index in [0.717, 1.165) is 69.1 Å². The number of benzene rings is 6. The summed E-state index contributed by atoms with van der Waals surface area (Å²) in [5.41, 5.74) is 5.91. The van der Waals surface area contributed by atoms with Crippen LogP contribution in [0.1, 0.15) is 83.7 Å². The molecule has 4 aliphatic rings. The van der Waals surface area contributed by atoms with Crippen LogP contribution in [0.5, 0.6) is 0 Å². The number of amides is 5. The molecule has 11 rings (SSSR count). The quantitative estimate of drug-likeness (QED) is 0.0555. The number of halogens is 6. The van der Waals surface area contributed by atoms with Crippen LogP contribution in [0.2, 0.25) is 0 Å². The lowest BCUT2D eigenvalue weighted by Gasteiger charge is -2.44. The van der Waals surface area contributed by atoms with Crippen molar-refractivity contribution in [3.8, 4) is 11.5 Å².